The summed E-state index contributed by atoms with van der Waals surface area (Å²) in [6.07, 6.45) is 7.10. The lowest BCUT2D eigenvalue weighted by atomic mass is 9.96. The molecule has 2 aliphatic rings. The maximum atomic E-state index is 13.8. The normalized spacial score (nSPS) is 22.7. The molecule has 2 aromatic carbocycles. The molecule has 0 bridgehead atoms. The molecule has 2 heterocycles. The van der Waals surface area contributed by atoms with Gasteiger partial charge in [0, 0.05) is 23.1 Å². The first-order chi connectivity index (χ1) is 16.5. The van der Waals surface area contributed by atoms with Crippen molar-refractivity contribution in [2.45, 2.75) is 83.3 Å². The van der Waals surface area contributed by atoms with Gasteiger partial charge in [-0.2, -0.15) is 0 Å². The van der Waals surface area contributed by atoms with Gasteiger partial charge in [-0.1, -0.05) is 75.2 Å². The highest BCUT2D eigenvalue weighted by Gasteiger charge is 2.41. The highest BCUT2D eigenvalue weighted by Crippen LogP contribution is 2.40. The fourth-order valence-electron chi connectivity index (χ4n) is 5.59. The average molecular weight is 461 g/mol. The topological polar surface area (TPSA) is 66.5 Å². The molecule has 2 fully saturated rings. The lowest BCUT2D eigenvalue weighted by Crippen LogP contribution is -2.52. The standard InChI is InChI=1S/C29H36N2O3/c1-3-20(4-2)28(33)30-25-16-9-8-15-24-17-18-26(31(24)29(25)34)22-13-10-14-23(19-22)27(32)21-11-6-5-7-12-21/h5-7,10-14,19-20,24-26H,3-4,8-9,15-18H2,1-2H3,(H,30,33)/t24-,25-,26-/m0/s1. The van der Waals surface area contributed by atoms with E-state index < -0.39 is 6.04 Å². The summed E-state index contributed by atoms with van der Waals surface area (Å²) in [6, 6.07) is 16.7. The number of nitrogens with zero attached hydrogens (tertiary/aromatic N) is 1. The van der Waals surface area contributed by atoms with Crippen molar-refractivity contribution in [3.8, 4) is 0 Å². The molecule has 0 saturated carbocycles. The minimum absolute atomic E-state index is 0.00771. The van der Waals surface area contributed by atoms with Crippen LogP contribution in [0.2, 0.25) is 0 Å². The molecule has 5 heteroatoms. The number of hydrogen-bond acceptors (Lipinski definition) is 3. The molecule has 2 amide bonds. The van der Waals surface area contributed by atoms with Gasteiger partial charge in [-0.25, -0.2) is 0 Å². The van der Waals surface area contributed by atoms with Gasteiger partial charge in [0.1, 0.15) is 6.04 Å². The van der Waals surface area contributed by atoms with Crippen LogP contribution in [0.15, 0.2) is 54.6 Å². The number of carbonyl (C=O) groups is 3. The Morgan fingerprint density at radius 1 is 0.912 bits per heavy atom. The lowest BCUT2D eigenvalue weighted by molar-refractivity contribution is -0.141. The molecule has 2 saturated heterocycles. The quantitative estimate of drug-likeness (QED) is 0.559. The van der Waals surface area contributed by atoms with E-state index >= 15 is 0 Å². The fraction of sp³-hybridized carbons (Fsp3) is 0.483. The maximum Gasteiger partial charge on any atom is 0.245 e. The van der Waals surface area contributed by atoms with E-state index in [1.54, 1.807) is 0 Å². The van der Waals surface area contributed by atoms with Gasteiger partial charge in [0.15, 0.2) is 5.78 Å². The Labute approximate surface area is 202 Å². The summed E-state index contributed by atoms with van der Waals surface area (Å²) in [5.41, 5.74) is 2.31. The van der Waals surface area contributed by atoms with Gasteiger partial charge >= 0.3 is 0 Å². The molecule has 5 nitrogen and oxygen atoms in total. The van der Waals surface area contributed by atoms with Crippen LogP contribution in [0, 0.1) is 5.92 Å². The van der Waals surface area contributed by atoms with E-state index in [9.17, 15) is 14.4 Å². The van der Waals surface area contributed by atoms with Gasteiger partial charge in [-0.05, 0) is 50.2 Å². The predicted molar refractivity (Wildman–Crippen MR) is 133 cm³/mol. The van der Waals surface area contributed by atoms with E-state index in [-0.39, 0.29) is 35.6 Å². The summed E-state index contributed by atoms with van der Waals surface area (Å²) >= 11 is 0. The Kier molecular flexibility index (Phi) is 7.81. The van der Waals surface area contributed by atoms with E-state index in [1.807, 2.05) is 73.3 Å². The highest BCUT2D eigenvalue weighted by molar-refractivity contribution is 6.09. The molecule has 0 aromatic heterocycles. The molecule has 3 atom stereocenters. The number of nitrogens with one attached hydrogen (secondary N) is 1. The monoisotopic (exact) mass is 460 g/mol. The van der Waals surface area contributed by atoms with Crippen molar-refractivity contribution in [3.05, 3.63) is 71.3 Å². The summed E-state index contributed by atoms with van der Waals surface area (Å²) in [4.78, 5) is 41.6. The molecular formula is C29H36N2O3. The third-order valence-electron chi connectivity index (χ3n) is 7.58. The summed E-state index contributed by atoms with van der Waals surface area (Å²) in [6.45, 7) is 4.04. The first-order valence-electron chi connectivity index (χ1n) is 12.9. The van der Waals surface area contributed by atoms with Crippen LogP contribution in [-0.4, -0.2) is 34.6 Å². The highest BCUT2D eigenvalue weighted by atomic mass is 16.2. The second kappa shape index (κ2) is 11.0. The number of carbonyl (C=O) groups excluding carboxylic acids is 3. The summed E-state index contributed by atoms with van der Waals surface area (Å²) in [7, 11) is 0. The van der Waals surface area contributed by atoms with Crippen molar-refractivity contribution >= 4 is 17.6 Å². The Balaban J connectivity index is 1.58. The molecule has 1 N–H and O–H groups in total. The molecular weight excluding hydrogens is 424 g/mol. The van der Waals surface area contributed by atoms with E-state index in [4.69, 9.17) is 0 Å². The number of benzene rings is 2. The first kappa shape index (κ1) is 24.2. The smallest absolute Gasteiger partial charge is 0.245 e. The van der Waals surface area contributed by atoms with Crippen LogP contribution in [0.4, 0.5) is 0 Å². The molecule has 0 unspecified atom stereocenters. The number of ketones is 1. The van der Waals surface area contributed by atoms with Crippen molar-refractivity contribution < 1.29 is 14.4 Å². The van der Waals surface area contributed by atoms with E-state index in [0.717, 1.165) is 50.5 Å². The van der Waals surface area contributed by atoms with E-state index in [1.165, 1.54) is 0 Å². The van der Waals surface area contributed by atoms with Gasteiger partial charge < -0.3 is 10.2 Å². The van der Waals surface area contributed by atoms with Crippen molar-refractivity contribution in [2.24, 2.45) is 5.92 Å². The minimum atomic E-state index is -0.467. The minimum Gasteiger partial charge on any atom is -0.344 e. The van der Waals surface area contributed by atoms with Gasteiger partial charge in [-0.3, -0.25) is 14.4 Å². The maximum absolute atomic E-state index is 13.8. The van der Waals surface area contributed by atoms with Crippen LogP contribution in [-0.2, 0) is 9.59 Å². The van der Waals surface area contributed by atoms with Crippen LogP contribution in [0.1, 0.15) is 92.7 Å². The summed E-state index contributed by atoms with van der Waals surface area (Å²) in [5.74, 6) is -0.0339. The third-order valence-corrected chi connectivity index (χ3v) is 7.58. The van der Waals surface area contributed by atoms with E-state index in [2.05, 4.69) is 5.32 Å². The van der Waals surface area contributed by atoms with Gasteiger partial charge in [-0.15, -0.1) is 0 Å². The Hall–Kier alpha value is -2.95. The second-order valence-corrected chi connectivity index (χ2v) is 9.67. The van der Waals surface area contributed by atoms with Crippen LogP contribution in [0.25, 0.3) is 0 Å². The molecule has 4 rings (SSSR count). The van der Waals surface area contributed by atoms with Crippen LogP contribution in [0.3, 0.4) is 0 Å². The third kappa shape index (κ3) is 5.08. The van der Waals surface area contributed by atoms with Gasteiger partial charge in [0.2, 0.25) is 11.8 Å². The number of hydrogen-bond donors (Lipinski definition) is 1. The zero-order valence-corrected chi connectivity index (χ0v) is 20.3. The van der Waals surface area contributed by atoms with E-state index in [0.29, 0.717) is 17.5 Å². The summed E-state index contributed by atoms with van der Waals surface area (Å²) < 4.78 is 0. The first-order valence-corrected chi connectivity index (χ1v) is 12.9. The lowest BCUT2D eigenvalue weighted by Gasteiger charge is -2.36. The van der Waals surface area contributed by atoms with Crippen molar-refractivity contribution in [1.82, 2.24) is 10.2 Å². The number of amides is 2. The number of rotatable bonds is 7. The molecule has 0 aliphatic carbocycles. The van der Waals surface area contributed by atoms with Crippen molar-refractivity contribution in [3.63, 3.8) is 0 Å². The average Bonchev–Trinajstić information content (AvgIpc) is 3.28. The van der Waals surface area contributed by atoms with Crippen LogP contribution >= 0.6 is 0 Å². The Bertz CT molecular complexity index is 1020. The molecule has 0 spiro atoms. The Morgan fingerprint density at radius 3 is 2.35 bits per heavy atom. The molecule has 2 aromatic rings. The zero-order chi connectivity index (χ0) is 24.1. The fourth-order valence-corrected chi connectivity index (χ4v) is 5.59. The molecule has 2 aliphatic heterocycles. The SMILES string of the molecule is CCC(CC)C(=O)N[C@H]1CCCC[C@H]2CC[C@@H](c3cccc(C(=O)c4ccccc4)c3)N2C1=O. The van der Waals surface area contributed by atoms with Crippen LogP contribution < -0.4 is 5.32 Å². The largest absolute Gasteiger partial charge is 0.344 e. The van der Waals surface area contributed by atoms with Crippen molar-refractivity contribution in [2.75, 3.05) is 0 Å². The molecule has 180 valence electrons. The van der Waals surface area contributed by atoms with Gasteiger partial charge in [0.25, 0.3) is 0 Å². The molecule has 34 heavy (non-hydrogen) atoms. The number of fused-ring (bicyclic) bond motifs is 1. The zero-order valence-electron chi connectivity index (χ0n) is 20.3. The van der Waals surface area contributed by atoms with Gasteiger partial charge in [0.05, 0.1) is 6.04 Å². The summed E-state index contributed by atoms with van der Waals surface area (Å²) in [5, 5.41) is 3.09. The van der Waals surface area contributed by atoms with Crippen LogP contribution in [0.5, 0.6) is 0 Å². The van der Waals surface area contributed by atoms with Crippen molar-refractivity contribution in [1.29, 1.82) is 0 Å². The predicted octanol–water partition coefficient (Wildman–Crippen LogP) is 5.44. The second-order valence-electron chi connectivity index (χ2n) is 9.67. The Morgan fingerprint density at radius 2 is 1.62 bits per heavy atom. The molecule has 0 radical (unpaired) electrons.